The SMILES string of the molecule is NC(=S)Nc1ccccc1CS(=O)[O-]. The minimum Gasteiger partial charge on any atom is -0.772 e. The number of thiocarbonyl (C=S) groups is 1. The first-order chi connectivity index (χ1) is 6.59. The Bertz CT molecular complexity index is 333. The molecule has 0 spiro atoms. The molecular weight excluding hydrogens is 220 g/mol. The topological polar surface area (TPSA) is 78.2 Å². The zero-order valence-corrected chi connectivity index (χ0v) is 8.86. The second kappa shape index (κ2) is 5.04. The number of anilines is 1. The maximum atomic E-state index is 10.5. The van der Waals surface area contributed by atoms with Gasteiger partial charge in [0.05, 0.1) is 0 Å². The normalized spacial score (nSPS) is 12.1. The minimum atomic E-state index is -2.12. The maximum absolute atomic E-state index is 10.5. The molecule has 14 heavy (non-hydrogen) atoms. The number of nitrogens with two attached hydrogens (primary N) is 1. The molecule has 0 bridgehead atoms. The molecule has 1 aromatic carbocycles. The van der Waals surface area contributed by atoms with Crippen LogP contribution in [0, 0.1) is 0 Å². The fraction of sp³-hybridized carbons (Fsp3) is 0.125. The van der Waals surface area contributed by atoms with Crippen LogP contribution >= 0.6 is 12.2 Å². The molecule has 0 heterocycles. The highest BCUT2D eigenvalue weighted by atomic mass is 32.2. The molecule has 1 unspecified atom stereocenters. The maximum Gasteiger partial charge on any atom is 0.168 e. The Morgan fingerprint density at radius 1 is 1.57 bits per heavy atom. The Hall–Kier alpha value is -0.980. The summed E-state index contributed by atoms with van der Waals surface area (Å²) in [6, 6.07) is 6.96. The van der Waals surface area contributed by atoms with E-state index < -0.39 is 11.1 Å². The lowest BCUT2D eigenvalue weighted by Crippen LogP contribution is -2.20. The average molecular weight is 229 g/mol. The average Bonchev–Trinajstić information content (AvgIpc) is 2.06. The first-order valence-electron chi connectivity index (χ1n) is 3.80. The summed E-state index contributed by atoms with van der Waals surface area (Å²) in [6.45, 7) is 0. The highest BCUT2D eigenvalue weighted by Gasteiger charge is 2.01. The van der Waals surface area contributed by atoms with Gasteiger partial charge in [0, 0.05) is 11.4 Å². The summed E-state index contributed by atoms with van der Waals surface area (Å²) >= 11 is 2.55. The largest absolute Gasteiger partial charge is 0.772 e. The molecule has 0 aliphatic carbocycles. The van der Waals surface area contributed by atoms with Crippen LogP contribution in [0.1, 0.15) is 5.56 Å². The van der Waals surface area contributed by atoms with Gasteiger partial charge in [0.2, 0.25) is 0 Å². The van der Waals surface area contributed by atoms with Crippen molar-refractivity contribution < 1.29 is 8.76 Å². The molecule has 0 aromatic heterocycles. The molecule has 4 nitrogen and oxygen atoms in total. The smallest absolute Gasteiger partial charge is 0.168 e. The molecule has 0 aliphatic heterocycles. The second-order valence-corrected chi connectivity index (χ2v) is 3.93. The Kier molecular flexibility index (Phi) is 3.99. The Morgan fingerprint density at radius 2 is 2.21 bits per heavy atom. The summed E-state index contributed by atoms with van der Waals surface area (Å²) in [4.78, 5) is 0. The molecule has 1 aromatic rings. The molecule has 0 saturated heterocycles. The Morgan fingerprint density at radius 3 is 2.79 bits per heavy atom. The van der Waals surface area contributed by atoms with E-state index in [-0.39, 0.29) is 10.9 Å². The number of para-hydroxylation sites is 1. The zero-order valence-electron chi connectivity index (χ0n) is 7.23. The van der Waals surface area contributed by atoms with E-state index in [0.717, 1.165) is 0 Å². The van der Waals surface area contributed by atoms with Crippen LogP contribution in [0.4, 0.5) is 5.69 Å². The van der Waals surface area contributed by atoms with Gasteiger partial charge in [-0.3, -0.25) is 4.21 Å². The van der Waals surface area contributed by atoms with Crippen LogP contribution in [0.2, 0.25) is 0 Å². The monoisotopic (exact) mass is 229 g/mol. The summed E-state index contributed by atoms with van der Waals surface area (Å²) in [5, 5.41) is 2.83. The predicted octanol–water partition coefficient (Wildman–Crippen LogP) is 0.721. The van der Waals surface area contributed by atoms with E-state index >= 15 is 0 Å². The molecule has 0 saturated carbocycles. The lowest BCUT2D eigenvalue weighted by Gasteiger charge is -2.11. The fourth-order valence-corrected chi connectivity index (χ4v) is 1.64. The third-order valence-electron chi connectivity index (χ3n) is 1.55. The van der Waals surface area contributed by atoms with Gasteiger partial charge in [0.1, 0.15) is 0 Å². The molecule has 1 atom stereocenters. The lowest BCUT2D eigenvalue weighted by atomic mass is 10.2. The number of benzene rings is 1. The third kappa shape index (κ3) is 3.41. The van der Waals surface area contributed by atoms with E-state index in [2.05, 4.69) is 17.5 Å². The van der Waals surface area contributed by atoms with Gasteiger partial charge in [-0.05, 0) is 23.8 Å². The van der Waals surface area contributed by atoms with Crippen molar-refractivity contribution in [2.45, 2.75) is 5.75 Å². The van der Waals surface area contributed by atoms with Crippen molar-refractivity contribution in [3.8, 4) is 0 Å². The second-order valence-electron chi connectivity index (χ2n) is 2.59. The zero-order chi connectivity index (χ0) is 10.6. The molecule has 0 amide bonds. The van der Waals surface area contributed by atoms with Crippen LogP contribution in [0.5, 0.6) is 0 Å². The van der Waals surface area contributed by atoms with Crippen molar-refractivity contribution in [1.29, 1.82) is 0 Å². The lowest BCUT2D eigenvalue weighted by molar-refractivity contribution is 0.536. The minimum absolute atomic E-state index is 0.0498. The quantitative estimate of drug-likeness (QED) is 0.590. The molecule has 6 heteroatoms. The summed E-state index contributed by atoms with van der Waals surface area (Å²) in [7, 11) is 0. The van der Waals surface area contributed by atoms with Crippen LogP contribution in [-0.2, 0) is 16.8 Å². The summed E-state index contributed by atoms with van der Waals surface area (Å²) in [5.41, 5.74) is 6.57. The van der Waals surface area contributed by atoms with Crippen molar-refractivity contribution in [2.75, 3.05) is 5.32 Å². The number of hydrogen-bond acceptors (Lipinski definition) is 3. The van der Waals surface area contributed by atoms with Crippen LogP contribution < -0.4 is 11.1 Å². The van der Waals surface area contributed by atoms with Gasteiger partial charge < -0.3 is 15.6 Å². The molecule has 0 aliphatic rings. The van der Waals surface area contributed by atoms with E-state index in [9.17, 15) is 8.76 Å². The van der Waals surface area contributed by atoms with Crippen molar-refractivity contribution in [3.63, 3.8) is 0 Å². The van der Waals surface area contributed by atoms with E-state index in [1.165, 1.54) is 0 Å². The third-order valence-corrected chi connectivity index (χ3v) is 2.20. The van der Waals surface area contributed by atoms with E-state index in [4.69, 9.17) is 5.73 Å². The van der Waals surface area contributed by atoms with E-state index in [1.807, 2.05) is 0 Å². The van der Waals surface area contributed by atoms with Gasteiger partial charge in [0.25, 0.3) is 0 Å². The van der Waals surface area contributed by atoms with Gasteiger partial charge in [-0.15, -0.1) is 0 Å². The Balaban J connectivity index is 2.90. The van der Waals surface area contributed by atoms with Gasteiger partial charge in [-0.2, -0.15) is 0 Å². The van der Waals surface area contributed by atoms with E-state index in [1.54, 1.807) is 24.3 Å². The number of nitrogens with one attached hydrogen (secondary N) is 1. The van der Waals surface area contributed by atoms with E-state index in [0.29, 0.717) is 11.3 Å². The highest BCUT2D eigenvalue weighted by Crippen LogP contribution is 2.15. The summed E-state index contributed by atoms with van der Waals surface area (Å²) < 4.78 is 21.0. The predicted molar refractivity (Wildman–Crippen MR) is 59.5 cm³/mol. The van der Waals surface area contributed by atoms with Gasteiger partial charge in [0.15, 0.2) is 5.11 Å². The van der Waals surface area contributed by atoms with Crippen LogP contribution in [0.25, 0.3) is 0 Å². The van der Waals surface area contributed by atoms with Gasteiger partial charge in [-0.25, -0.2) is 0 Å². The molecule has 3 N–H and O–H groups in total. The van der Waals surface area contributed by atoms with Crippen molar-refractivity contribution >= 4 is 34.1 Å². The summed E-state index contributed by atoms with van der Waals surface area (Å²) in [6.07, 6.45) is 0. The first kappa shape index (κ1) is 11.1. The summed E-state index contributed by atoms with van der Waals surface area (Å²) in [5.74, 6) is -0.0498. The standard InChI is InChI=1S/C8H10N2O2S2/c9-8(13)10-7-4-2-1-3-6(7)5-14(11)12/h1-4H,5H2,(H,11,12)(H3,9,10,13)/p-1. The van der Waals surface area contributed by atoms with Crippen molar-refractivity contribution in [3.05, 3.63) is 29.8 Å². The van der Waals surface area contributed by atoms with Crippen molar-refractivity contribution in [2.24, 2.45) is 5.73 Å². The van der Waals surface area contributed by atoms with Crippen molar-refractivity contribution in [1.82, 2.24) is 0 Å². The van der Waals surface area contributed by atoms with Gasteiger partial charge >= 0.3 is 0 Å². The number of hydrogen-bond donors (Lipinski definition) is 2. The molecule has 0 radical (unpaired) electrons. The molecule has 1 rings (SSSR count). The first-order valence-corrected chi connectivity index (χ1v) is 5.45. The number of rotatable bonds is 3. The van der Waals surface area contributed by atoms with Crippen LogP contribution in [-0.4, -0.2) is 13.9 Å². The van der Waals surface area contributed by atoms with Gasteiger partial charge in [-0.1, -0.05) is 29.3 Å². The Labute approximate surface area is 89.8 Å². The highest BCUT2D eigenvalue weighted by molar-refractivity contribution is 7.80. The molecular formula is C8H9N2O2S2-. The van der Waals surface area contributed by atoms with Crippen LogP contribution in [0.15, 0.2) is 24.3 Å². The van der Waals surface area contributed by atoms with Crippen LogP contribution in [0.3, 0.4) is 0 Å². The molecule has 76 valence electrons. The fourth-order valence-electron chi connectivity index (χ4n) is 1.03. The molecule has 0 fully saturated rings.